The van der Waals surface area contributed by atoms with Gasteiger partial charge >= 0.3 is 0 Å². The molecule has 1 aromatic heterocycles. The number of aromatic nitrogens is 1. The first-order valence-corrected chi connectivity index (χ1v) is 13.2. The molecule has 178 valence electrons. The van der Waals surface area contributed by atoms with E-state index in [9.17, 15) is 0 Å². The molecule has 0 radical (unpaired) electrons. The topological polar surface area (TPSA) is 4.93 Å². The van der Waals surface area contributed by atoms with Crippen molar-refractivity contribution in [1.82, 2.24) is 4.57 Å². The minimum absolute atomic E-state index is 0.206. The molecular weight excluding hydrogens is 458 g/mol. The summed E-state index contributed by atoms with van der Waals surface area (Å²) in [5.74, 6) is 0.206. The maximum atomic E-state index is 2.46. The highest BCUT2D eigenvalue weighted by atomic mass is 15.0. The van der Waals surface area contributed by atoms with Crippen LogP contribution in [-0.4, -0.2) is 4.57 Å². The van der Waals surface area contributed by atoms with Crippen LogP contribution in [0.2, 0.25) is 0 Å². The van der Waals surface area contributed by atoms with Crippen molar-refractivity contribution in [2.24, 2.45) is 0 Å². The lowest BCUT2D eigenvalue weighted by Gasteiger charge is -2.16. The van der Waals surface area contributed by atoms with Crippen LogP contribution >= 0.6 is 0 Å². The molecule has 1 aliphatic carbocycles. The predicted octanol–water partition coefficient (Wildman–Crippen LogP) is 9.61. The molecule has 1 heterocycles. The minimum atomic E-state index is 0.206. The van der Waals surface area contributed by atoms with E-state index < -0.39 is 0 Å². The fraction of sp³-hybridized carbons (Fsp3) is 0.0270. The molecule has 0 amide bonds. The van der Waals surface area contributed by atoms with E-state index >= 15 is 0 Å². The van der Waals surface area contributed by atoms with Crippen molar-refractivity contribution in [2.75, 3.05) is 0 Å². The number of benzene rings is 6. The zero-order valence-corrected chi connectivity index (χ0v) is 20.9. The molecule has 1 unspecified atom stereocenters. The van der Waals surface area contributed by atoms with Crippen molar-refractivity contribution in [3.8, 4) is 27.9 Å². The maximum absolute atomic E-state index is 2.46. The van der Waals surface area contributed by atoms with Gasteiger partial charge in [-0.25, -0.2) is 0 Å². The molecule has 1 aliphatic rings. The van der Waals surface area contributed by atoms with E-state index in [1.54, 1.807) is 0 Å². The number of para-hydroxylation sites is 2. The average molecular weight is 484 g/mol. The lowest BCUT2D eigenvalue weighted by Crippen LogP contribution is -1.99. The number of fused-ring (bicyclic) bond motifs is 7. The number of hydrogen-bond acceptors (Lipinski definition) is 0. The van der Waals surface area contributed by atoms with Crippen LogP contribution in [0, 0.1) is 0 Å². The first-order chi connectivity index (χ1) is 18.9. The third kappa shape index (κ3) is 3.06. The molecule has 38 heavy (non-hydrogen) atoms. The van der Waals surface area contributed by atoms with Gasteiger partial charge in [0.1, 0.15) is 0 Å². The van der Waals surface area contributed by atoms with E-state index in [0.29, 0.717) is 0 Å². The summed E-state index contributed by atoms with van der Waals surface area (Å²) in [7, 11) is 0. The van der Waals surface area contributed by atoms with Crippen molar-refractivity contribution in [2.45, 2.75) is 5.92 Å². The van der Waals surface area contributed by atoms with Crippen LogP contribution in [0.25, 0.3) is 49.7 Å². The molecule has 8 rings (SSSR count). The standard InChI is InChI=1S/C37H25N/c1-3-11-25(12-4-1)26-19-21-27(22-20-26)35-30-16-7-8-17-31(30)36-33(35)24-23-32-29-15-9-10-18-34(29)38(37(32)36)28-13-5-2-6-14-28/h1-24,35H. The van der Waals surface area contributed by atoms with Crippen LogP contribution in [0.15, 0.2) is 146 Å². The highest BCUT2D eigenvalue weighted by molar-refractivity contribution is 6.15. The van der Waals surface area contributed by atoms with Crippen molar-refractivity contribution < 1.29 is 0 Å². The Kier molecular flexibility index (Phi) is 4.65. The highest BCUT2D eigenvalue weighted by Crippen LogP contribution is 2.52. The molecule has 0 spiro atoms. The van der Waals surface area contributed by atoms with Crippen molar-refractivity contribution >= 4 is 21.8 Å². The summed E-state index contributed by atoms with van der Waals surface area (Å²) < 4.78 is 2.46. The maximum Gasteiger partial charge on any atom is 0.0622 e. The number of hydrogen-bond donors (Lipinski definition) is 0. The van der Waals surface area contributed by atoms with Gasteiger partial charge in [0.2, 0.25) is 0 Å². The van der Waals surface area contributed by atoms with Crippen LogP contribution in [0.3, 0.4) is 0 Å². The number of nitrogens with zero attached hydrogens (tertiary/aromatic N) is 1. The van der Waals surface area contributed by atoms with Crippen LogP contribution in [0.4, 0.5) is 0 Å². The largest absolute Gasteiger partial charge is 0.309 e. The molecule has 1 nitrogen and oxygen atoms in total. The van der Waals surface area contributed by atoms with E-state index in [0.717, 1.165) is 0 Å². The lowest BCUT2D eigenvalue weighted by molar-refractivity contribution is 1.02. The summed E-state index contributed by atoms with van der Waals surface area (Å²) in [6.07, 6.45) is 0. The zero-order valence-electron chi connectivity index (χ0n) is 20.9. The first-order valence-electron chi connectivity index (χ1n) is 13.2. The summed E-state index contributed by atoms with van der Waals surface area (Å²) in [4.78, 5) is 0. The second-order valence-corrected chi connectivity index (χ2v) is 10.1. The van der Waals surface area contributed by atoms with Gasteiger partial charge in [0.25, 0.3) is 0 Å². The van der Waals surface area contributed by atoms with E-state index in [1.807, 2.05) is 0 Å². The molecule has 6 aromatic carbocycles. The normalized spacial score (nSPS) is 14.1. The highest BCUT2D eigenvalue weighted by Gasteiger charge is 2.33. The molecule has 1 atom stereocenters. The molecule has 0 N–H and O–H groups in total. The Balaban J connectivity index is 1.41. The average Bonchev–Trinajstić information content (AvgIpc) is 3.51. The lowest BCUT2D eigenvalue weighted by atomic mass is 9.88. The van der Waals surface area contributed by atoms with Crippen molar-refractivity contribution in [3.63, 3.8) is 0 Å². The zero-order chi connectivity index (χ0) is 25.1. The smallest absolute Gasteiger partial charge is 0.0622 e. The van der Waals surface area contributed by atoms with Crippen LogP contribution < -0.4 is 0 Å². The van der Waals surface area contributed by atoms with E-state index in [2.05, 4.69) is 150 Å². The molecule has 1 heteroatoms. The van der Waals surface area contributed by atoms with Crippen LogP contribution in [-0.2, 0) is 0 Å². The summed E-state index contributed by atoms with van der Waals surface area (Å²) in [6.45, 7) is 0. The Hall–Kier alpha value is -4.88. The van der Waals surface area contributed by atoms with E-state index in [1.165, 1.54) is 66.4 Å². The number of rotatable bonds is 3. The molecule has 0 fully saturated rings. The Labute approximate surface area is 222 Å². The fourth-order valence-corrected chi connectivity index (χ4v) is 6.44. The van der Waals surface area contributed by atoms with Gasteiger partial charge in [0.05, 0.1) is 11.0 Å². The third-order valence-electron chi connectivity index (χ3n) is 8.09. The molecule has 7 aromatic rings. The van der Waals surface area contributed by atoms with Gasteiger partial charge in [-0.3, -0.25) is 0 Å². The third-order valence-corrected chi connectivity index (χ3v) is 8.09. The molecule has 0 saturated carbocycles. The molecule has 0 bridgehead atoms. The minimum Gasteiger partial charge on any atom is -0.309 e. The summed E-state index contributed by atoms with van der Waals surface area (Å²) in [6, 6.07) is 53.0. The molecule has 0 aliphatic heterocycles. The van der Waals surface area contributed by atoms with E-state index in [4.69, 9.17) is 0 Å². The van der Waals surface area contributed by atoms with Crippen molar-refractivity contribution in [1.29, 1.82) is 0 Å². The second kappa shape index (κ2) is 8.33. The Morgan fingerprint density at radius 1 is 0.447 bits per heavy atom. The van der Waals surface area contributed by atoms with Crippen molar-refractivity contribution in [3.05, 3.63) is 162 Å². The Morgan fingerprint density at radius 2 is 1.11 bits per heavy atom. The van der Waals surface area contributed by atoms with E-state index in [-0.39, 0.29) is 5.92 Å². The fourth-order valence-electron chi connectivity index (χ4n) is 6.44. The Morgan fingerprint density at radius 3 is 1.92 bits per heavy atom. The van der Waals surface area contributed by atoms with Gasteiger partial charge in [-0.05, 0) is 51.6 Å². The summed E-state index contributed by atoms with van der Waals surface area (Å²) >= 11 is 0. The van der Waals surface area contributed by atoms with Gasteiger partial charge in [-0.15, -0.1) is 0 Å². The van der Waals surface area contributed by atoms with Gasteiger partial charge in [-0.1, -0.05) is 127 Å². The molecular formula is C37H25N. The summed E-state index contributed by atoms with van der Waals surface area (Å²) in [5, 5.41) is 2.60. The van der Waals surface area contributed by atoms with Gasteiger partial charge < -0.3 is 4.57 Å². The predicted molar refractivity (Wildman–Crippen MR) is 159 cm³/mol. The second-order valence-electron chi connectivity index (χ2n) is 10.1. The SMILES string of the molecule is c1ccc(-c2ccc(C3c4ccccc4-c4c3ccc3c5ccccc5n(-c5ccccc5)c43)cc2)cc1. The first kappa shape index (κ1) is 21.2. The van der Waals surface area contributed by atoms with Gasteiger partial charge in [0, 0.05) is 27.9 Å². The molecule has 0 saturated heterocycles. The van der Waals surface area contributed by atoms with Gasteiger partial charge in [0.15, 0.2) is 0 Å². The van der Waals surface area contributed by atoms with Gasteiger partial charge in [-0.2, -0.15) is 0 Å². The summed E-state index contributed by atoms with van der Waals surface area (Å²) in [5.41, 5.74) is 13.0. The Bertz CT molecular complexity index is 1940. The van der Waals surface area contributed by atoms with Crippen LogP contribution in [0.5, 0.6) is 0 Å². The monoisotopic (exact) mass is 483 g/mol. The van der Waals surface area contributed by atoms with Crippen LogP contribution in [0.1, 0.15) is 22.6 Å². The quantitative estimate of drug-likeness (QED) is 0.236.